The van der Waals surface area contributed by atoms with Gasteiger partial charge < -0.3 is 19.2 Å². The molecule has 0 aliphatic rings. The molecule has 0 radical (unpaired) electrons. The van der Waals surface area contributed by atoms with E-state index in [1.54, 1.807) is 0 Å². The van der Waals surface area contributed by atoms with Gasteiger partial charge in [0.05, 0.1) is 0 Å². The molecule has 0 bridgehead atoms. The molecule has 0 saturated heterocycles. The van der Waals surface area contributed by atoms with E-state index in [4.69, 9.17) is 19.2 Å². The van der Waals surface area contributed by atoms with E-state index in [9.17, 15) is 0 Å². The minimum Gasteiger partial charge on any atom is -0.368 e. The van der Waals surface area contributed by atoms with E-state index in [0.717, 1.165) is 0 Å². The number of rotatable bonds is 0. The normalized spacial score (nSPS) is 8.57. The zero-order valence-electron chi connectivity index (χ0n) is 3.14. The molecule has 0 heterocycles. The molecule has 7 heavy (non-hydrogen) atoms. The first-order chi connectivity index (χ1) is 2.00. The molecule has 0 aliphatic carbocycles. The molecular formula is H4GdHfO4Si. The van der Waals surface area contributed by atoms with Crippen LogP contribution in [0.1, 0.15) is 0 Å². The summed E-state index contributed by atoms with van der Waals surface area (Å²) in [6.07, 6.45) is 0. The van der Waals surface area contributed by atoms with Gasteiger partial charge in [0.1, 0.15) is 0 Å². The largest absolute Gasteiger partial charge is 0.668 e. The van der Waals surface area contributed by atoms with Crippen LogP contribution in [-0.4, -0.2) is 28.2 Å². The summed E-state index contributed by atoms with van der Waals surface area (Å²) in [5.74, 6) is 0. The van der Waals surface area contributed by atoms with Crippen molar-refractivity contribution in [3.05, 3.63) is 0 Å². The predicted octanol–water partition coefficient (Wildman–Crippen LogP) is -2.61. The maximum atomic E-state index is 7.33. The van der Waals surface area contributed by atoms with Crippen molar-refractivity contribution < 1.29 is 85.0 Å². The van der Waals surface area contributed by atoms with Gasteiger partial charge in [0.25, 0.3) is 0 Å². The maximum Gasteiger partial charge on any atom is 0.668 e. The molecule has 7 heteroatoms. The van der Waals surface area contributed by atoms with Crippen molar-refractivity contribution in [3.63, 3.8) is 0 Å². The summed E-state index contributed by atoms with van der Waals surface area (Å²) in [7, 11) is -4.61. The molecule has 0 unspecified atom stereocenters. The van der Waals surface area contributed by atoms with Crippen molar-refractivity contribution >= 4 is 9.05 Å². The molecule has 4 N–H and O–H groups in total. The van der Waals surface area contributed by atoms with E-state index in [1.165, 1.54) is 0 Å². The smallest absolute Gasteiger partial charge is 0.368 e. The molecule has 0 aromatic heterocycles. The van der Waals surface area contributed by atoms with Crippen LogP contribution in [0.2, 0.25) is 0 Å². The van der Waals surface area contributed by atoms with Crippen LogP contribution in [0.3, 0.4) is 0 Å². The maximum absolute atomic E-state index is 7.33. The third-order valence-corrected chi connectivity index (χ3v) is 0. The Morgan fingerprint density at radius 2 is 0.857 bits per heavy atom. The van der Waals surface area contributed by atoms with E-state index in [2.05, 4.69) is 0 Å². The number of hydrogen-bond acceptors (Lipinski definition) is 4. The summed E-state index contributed by atoms with van der Waals surface area (Å²) >= 11 is 0. The van der Waals surface area contributed by atoms with Crippen molar-refractivity contribution in [2.45, 2.75) is 0 Å². The van der Waals surface area contributed by atoms with E-state index in [0.29, 0.717) is 0 Å². The van der Waals surface area contributed by atoms with E-state index < -0.39 is 9.05 Å². The van der Waals surface area contributed by atoms with Crippen molar-refractivity contribution in [2.24, 2.45) is 0 Å². The fourth-order valence-corrected chi connectivity index (χ4v) is 0. The molecule has 0 aromatic carbocycles. The standard InChI is InChI=1S/Gd.Hf.H4O4Si/c;;1-5(2,3)4/h;;1-4H. The van der Waals surface area contributed by atoms with Crippen LogP contribution in [0.5, 0.6) is 0 Å². The molecule has 4 nitrogen and oxygen atoms in total. The van der Waals surface area contributed by atoms with Gasteiger partial charge in [0.2, 0.25) is 0 Å². The quantitative estimate of drug-likeness (QED) is 0.317. The predicted molar refractivity (Wildman–Crippen MR) is 14.6 cm³/mol. The zero-order chi connectivity index (χ0) is 4.50. The van der Waals surface area contributed by atoms with Crippen LogP contribution in [0, 0.1) is 39.9 Å². The van der Waals surface area contributed by atoms with Crippen molar-refractivity contribution in [1.82, 2.24) is 0 Å². The van der Waals surface area contributed by atoms with Gasteiger partial charge in [0, 0.05) is 65.8 Å². The first-order valence-electron chi connectivity index (χ1n) is 0.894. The van der Waals surface area contributed by atoms with Gasteiger partial charge in [0.15, 0.2) is 0 Å². The molecule has 0 rings (SSSR count). The molecule has 0 amide bonds. The van der Waals surface area contributed by atoms with E-state index in [-0.39, 0.29) is 65.8 Å². The van der Waals surface area contributed by atoms with E-state index in [1.807, 2.05) is 0 Å². The Balaban J connectivity index is -0.0000000800. The molecule has 0 saturated carbocycles. The zero-order valence-corrected chi connectivity index (χ0v) is 10.0. The molecule has 0 atom stereocenters. The molecule has 44 valence electrons. The minimum absolute atomic E-state index is 0. The Bertz CT molecular complexity index is 27.2. The van der Waals surface area contributed by atoms with Crippen molar-refractivity contribution in [1.29, 1.82) is 0 Å². The van der Waals surface area contributed by atoms with Gasteiger partial charge in [-0.3, -0.25) is 0 Å². The summed E-state index contributed by atoms with van der Waals surface area (Å²) in [5, 5.41) is 0. The van der Waals surface area contributed by atoms with E-state index >= 15 is 0 Å². The van der Waals surface area contributed by atoms with Gasteiger partial charge in [-0.2, -0.15) is 0 Å². The van der Waals surface area contributed by atoms with Gasteiger partial charge in [-0.05, 0) is 0 Å². The van der Waals surface area contributed by atoms with Crippen LogP contribution >= 0.6 is 0 Å². The Morgan fingerprint density at radius 3 is 0.857 bits per heavy atom. The Hall–Kier alpha value is 2.25. The summed E-state index contributed by atoms with van der Waals surface area (Å²) in [4.78, 5) is 29.3. The third-order valence-electron chi connectivity index (χ3n) is 0. The molecule has 0 spiro atoms. The van der Waals surface area contributed by atoms with Gasteiger partial charge in [-0.15, -0.1) is 0 Å². The molecule has 0 fully saturated rings. The van der Waals surface area contributed by atoms with Crippen molar-refractivity contribution in [2.75, 3.05) is 0 Å². The second-order valence-electron chi connectivity index (χ2n) is 0.600. The SMILES string of the molecule is O[Si](O)(O)O.[Gd].[Hf]. The van der Waals surface area contributed by atoms with Crippen molar-refractivity contribution in [3.8, 4) is 0 Å². The first-order valence-corrected chi connectivity index (χ1v) is 2.68. The van der Waals surface area contributed by atoms with Crippen LogP contribution in [0.25, 0.3) is 0 Å². The van der Waals surface area contributed by atoms with Gasteiger partial charge >= 0.3 is 9.05 Å². The van der Waals surface area contributed by atoms with Crippen LogP contribution in [0.4, 0.5) is 0 Å². The summed E-state index contributed by atoms with van der Waals surface area (Å²) in [6.45, 7) is 0. The minimum atomic E-state index is -4.61. The van der Waals surface area contributed by atoms with Crippen LogP contribution < -0.4 is 0 Å². The second-order valence-corrected chi connectivity index (χ2v) is 1.80. The topological polar surface area (TPSA) is 80.9 Å². The summed E-state index contributed by atoms with van der Waals surface area (Å²) < 4.78 is 0. The second kappa shape index (κ2) is 6.37. The third kappa shape index (κ3) is 63.6. The average Bonchev–Trinajstić information content (AvgIpc) is 0.722. The Labute approximate surface area is 92.5 Å². The van der Waals surface area contributed by atoms with Crippen LogP contribution in [-0.2, 0) is 25.8 Å². The molecule has 0 aromatic rings. The molecular weight excluding hydrogens is 428 g/mol. The molecule has 0 aliphatic heterocycles. The van der Waals surface area contributed by atoms with Crippen LogP contribution in [0.15, 0.2) is 0 Å². The Kier molecular flexibility index (Phi) is 14.7. The van der Waals surface area contributed by atoms with Gasteiger partial charge in [-0.1, -0.05) is 0 Å². The number of hydrogen-bond donors (Lipinski definition) is 4. The average molecular weight is 432 g/mol. The fourth-order valence-electron chi connectivity index (χ4n) is 0. The fraction of sp³-hybridized carbons (Fsp3) is 0. The Morgan fingerprint density at radius 1 is 0.857 bits per heavy atom. The summed E-state index contributed by atoms with van der Waals surface area (Å²) in [6, 6.07) is 0. The monoisotopic (exact) mass is 434 g/mol. The first kappa shape index (κ1) is 16.1. The summed E-state index contributed by atoms with van der Waals surface area (Å²) in [5.41, 5.74) is 0. The van der Waals surface area contributed by atoms with Gasteiger partial charge in [-0.25, -0.2) is 0 Å².